The van der Waals surface area contributed by atoms with Crippen molar-refractivity contribution in [2.45, 2.75) is 33.2 Å². The zero-order valence-corrected chi connectivity index (χ0v) is 12.4. The fourth-order valence-electron chi connectivity index (χ4n) is 1.89. The minimum Gasteiger partial charge on any atom is -0.382 e. The highest BCUT2D eigenvalue weighted by Gasteiger charge is 2.23. The third kappa shape index (κ3) is 3.26. The van der Waals surface area contributed by atoms with Crippen molar-refractivity contribution >= 4 is 28.2 Å². The number of aromatic nitrogens is 1. The Balaban J connectivity index is 2.13. The Labute approximate surface area is 117 Å². The summed E-state index contributed by atoms with van der Waals surface area (Å²) in [6.45, 7) is 7.56. The van der Waals surface area contributed by atoms with Gasteiger partial charge >= 0.3 is 0 Å². The lowest BCUT2D eigenvalue weighted by Gasteiger charge is -2.24. The minimum absolute atomic E-state index is 0.0180. The van der Waals surface area contributed by atoms with E-state index >= 15 is 0 Å². The van der Waals surface area contributed by atoms with E-state index in [4.69, 9.17) is 5.73 Å². The molecular formula is C13H20N4OS. The van der Waals surface area contributed by atoms with Crippen molar-refractivity contribution in [3.05, 3.63) is 16.5 Å². The molecule has 1 aromatic heterocycles. The van der Waals surface area contributed by atoms with E-state index in [-0.39, 0.29) is 11.9 Å². The first-order chi connectivity index (χ1) is 8.97. The Morgan fingerprint density at radius 2 is 2.32 bits per heavy atom. The summed E-state index contributed by atoms with van der Waals surface area (Å²) in [5, 5.41) is 3.88. The van der Waals surface area contributed by atoms with Gasteiger partial charge in [-0.2, -0.15) is 0 Å². The minimum atomic E-state index is -0.0180. The van der Waals surface area contributed by atoms with Crippen LogP contribution in [0.1, 0.15) is 36.9 Å². The molecule has 19 heavy (non-hydrogen) atoms. The molecule has 0 spiro atoms. The number of nitrogens with one attached hydrogen (secondary N) is 1. The molecule has 2 heterocycles. The second kappa shape index (κ2) is 5.61. The van der Waals surface area contributed by atoms with E-state index in [9.17, 15) is 4.79 Å². The maximum atomic E-state index is 12.4. The van der Waals surface area contributed by atoms with Crippen LogP contribution in [0.5, 0.6) is 0 Å². The van der Waals surface area contributed by atoms with E-state index in [1.165, 1.54) is 16.9 Å². The smallest absolute Gasteiger partial charge is 0.268 e. The highest BCUT2D eigenvalue weighted by atomic mass is 32.1. The van der Waals surface area contributed by atoms with Crippen LogP contribution in [-0.2, 0) is 0 Å². The van der Waals surface area contributed by atoms with E-state index in [1.807, 2.05) is 18.7 Å². The lowest BCUT2D eigenvalue weighted by molar-refractivity contribution is 0.0774. The van der Waals surface area contributed by atoms with E-state index in [0.717, 1.165) is 13.0 Å². The van der Waals surface area contributed by atoms with Crippen LogP contribution in [0.4, 0.5) is 10.9 Å². The molecule has 1 aromatic rings. The highest BCUT2D eigenvalue weighted by molar-refractivity contribution is 7.18. The van der Waals surface area contributed by atoms with Crippen molar-refractivity contribution in [3.8, 4) is 0 Å². The molecule has 3 N–H and O–H groups in total. The lowest BCUT2D eigenvalue weighted by Crippen LogP contribution is -2.34. The normalized spacial score (nSPS) is 15.6. The summed E-state index contributed by atoms with van der Waals surface area (Å²) in [6.07, 6.45) is 3.02. The van der Waals surface area contributed by atoms with E-state index in [1.54, 1.807) is 0 Å². The van der Waals surface area contributed by atoms with Gasteiger partial charge in [-0.15, -0.1) is 0 Å². The third-order valence-electron chi connectivity index (χ3n) is 2.98. The second-order valence-corrected chi connectivity index (χ2v) is 6.08. The van der Waals surface area contributed by atoms with Gasteiger partial charge in [0.2, 0.25) is 0 Å². The van der Waals surface area contributed by atoms with Crippen LogP contribution in [0, 0.1) is 0 Å². The van der Waals surface area contributed by atoms with Crippen LogP contribution < -0.4 is 11.1 Å². The average Bonchev–Trinajstić information content (AvgIpc) is 2.69. The Kier molecular flexibility index (Phi) is 4.09. The molecule has 104 valence electrons. The monoisotopic (exact) mass is 280 g/mol. The number of carbonyl (C=O) groups is 1. The molecule has 0 bridgehead atoms. The quantitative estimate of drug-likeness (QED) is 0.834. The molecular weight excluding hydrogens is 260 g/mol. The fourth-order valence-corrected chi connectivity index (χ4v) is 2.89. The molecule has 2 rings (SSSR count). The first kappa shape index (κ1) is 13.9. The predicted octanol–water partition coefficient (Wildman–Crippen LogP) is 2.34. The van der Waals surface area contributed by atoms with Gasteiger partial charge in [0.1, 0.15) is 10.7 Å². The standard InChI is InChI=1S/C13H20N4OS/c1-8(2)15-13-16-11(14)10(19-13)12(18)17-6-4-9(3)5-7-17/h4,8H,5-7,14H2,1-3H3,(H,15,16). The fraction of sp³-hybridized carbons (Fsp3) is 0.538. The van der Waals surface area contributed by atoms with Crippen molar-refractivity contribution in [1.82, 2.24) is 9.88 Å². The SMILES string of the molecule is CC1=CCN(C(=O)c2sc(NC(C)C)nc2N)CC1. The number of nitrogens with zero attached hydrogens (tertiary/aromatic N) is 2. The summed E-state index contributed by atoms with van der Waals surface area (Å²) >= 11 is 1.33. The number of hydrogen-bond donors (Lipinski definition) is 2. The largest absolute Gasteiger partial charge is 0.382 e. The zero-order chi connectivity index (χ0) is 14.0. The Bertz CT molecular complexity index is 507. The third-order valence-corrected chi connectivity index (χ3v) is 3.97. The second-order valence-electron chi connectivity index (χ2n) is 5.08. The summed E-state index contributed by atoms with van der Waals surface area (Å²) in [4.78, 5) is 18.9. The summed E-state index contributed by atoms with van der Waals surface area (Å²) in [6, 6.07) is 0.272. The molecule has 0 radical (unpaired) electrons. The first-order valence-electron chi connectivity index (χ1n) is 6.45. The number of anilines is 2. The van der Waals surface area contributed by atoms with Gasteiger partial charge in [0.05, 0.1) is 0 Å². The molecule has 6 heteroatoms. The molecule has 0 atom stereocenters. The average molecular weight is 280 g/mol. The summed E-state index contributed by atoms with van der Waals surface area (Å²) < 4.78 is 0. The highest BCUT2D eigenvalue weighted by Crippen LogP contribution is 2.27. The van der Waals surface area contributed by atoms with Crippen LogP contribution in [0.3, 0.4) is 0 Å². The molecule has 0 fully saturated rings. The molecule has 0 saturated carbocycles. The van der Waals surface area contributed by atoms with Crippen LogP contribution >= 0.6 is 11.3 Å². The van der Waals surface area contributed by atoms with Crippen molar-refractivity contribution in [1.29, 1.82) is 0 Å². The van der Waals surface area contributed by atoms with E-state index in [0.29, 0.717) is 22.4 Å². The Morgan fingerprint density at radius 3 is 2.89 bits per heavy atom. The van der Waals surface area contributed by atoms with Crippen LogP contribution in [0.2, 0.25) is 0 Å². The van der Waals surface area contributed by atoms with Gasteiger partial charge in [0, 0.05) is 19.1 Å². The predicted molar refractivity (Wildman–Crippen MR) is 79.6 cm³/mol. The molecule has 0 aliphatic carbocycles. The van der Waals surface area contributed by atoms with Crippen molar-refractivity contribution in [2.24, 2.45) is 0 Å². The summed E-state index contributed by atoms with van der Waals surface area (Å²) in [7, 11) is 0. The van der Waals surface area contributed by atoms with Gasteiger partial charge in [0.25, 0.3) is 5.91 Å². The van der Waals surface area contributed by atoms with Gasteiger partial charge in [0.15, 0.2) is 5.13 Å². The maximum Gasteiger partial charge on any atom is 0.268 e. The molecule has 1 amide bonds. The van der Waals surface area contributed by atoms with Crippen LogP contribution in [0.25, 0.3) is 0 Å². The molecule has 0 unspecified atom stereocenters. The van der Waals surface area contributed by atoms with Crippen LogP contribution in [0.15, 0.2) is 11.6 Å². The van der Waals surface area contributed by atoms with Gasteiger partial charge in [-0.05, 0) is 27.2 Å². The number of hydrogen-bond acceptors (Lipinski definition) is 5. The van der Waals surface area contributed by atoms with Crippen molar-refractivity contribution < 1.29 is 4.79 Å². The van der Waals surface area contributed by atoms with Crippen molar-refractivity contribution in [3.63, 3.8) is 0 Å². The van der Waals surface area contributed by atoms with Crippen LogP contribution in [-0.4, -0.2) is 34.9 Å². The Hall–Kier alpha value is -1.56. The lowest BCUT2D eigenvalue weighted by atomic mass is 10.1. The first-order valence-corrected chi connectivity index (χ1v) is 7.26. The van der Waals surface area contributed by atoms with Crippen molar-refractivity contribution in [2.75, 3.05) is 24.1 Å². The zero-order valence-electron chi connectivity index (χ0n) is 11.6. The molecule has 1 aliphatic heterocycles. The van der Waals surface area contributed by atoms with Gasteiger partial charge < -0.3 is 16.0 Å². The Morgan fingerprint density at radius 1 is 1.58 bits per heavy atom. The molecule has 1 aliphatic rings. The van der Waals surface area contributed by atoms with Gasteiger partial charge in [-0.1, -0.05) is 23.0 Å². The van der Waals surface area contributed by atoms with Gasteiger partial charge in [-0.3, -0.25) is 4.79 Å². The summed E-state index contributed by atoms with van der Waals surface area (Å²) in [5.74, 6) is 0.306. The van der Waals surface area contributed by atoms with Gasteiger partial charge in [-0.25, -0.2) is 4.98 Å². The maximum absolute atomic E-state index is 12.4. The number of rotatable bonds is 3. The number of carbonyl (C=O) groups excluding carboxylic acids is 1. The number of thiazole rings is 1. The van der Waals surface area contributed by atoms with E-state index < -0.39 is 0 Å². The topological polar surface area (TPSA) is 71.2 Å². The molecule has 0 aromatic carbocycles. The van der Waals surface area contributed by atoms with E-state index in [2.05, 4.69) is 23.3 Å². The number of nitrogen functional groups attached to an aromatic ring is 1. The molecule has 5 nitrogen and oxygen atoms in total. The number of nitrogens with two attached hydrogens (primary N) is 1. The number of amides is 1. The summed E-state index contributed by atoms with van der Waals surface area (Å²) in [5.41, 5.74) is 7.18. The molecule has 0 saturated heterocycles.